The van der Waals surface area contributed by atoms with E-state index in [2.05, 4.69) is 4.99 Å². The minimum absolute atomic E-state index is 0.0825. The van der Waals surface area contributed by atoms with Crippen LogP contribution in [0.2, 0.25) is 0 Å². The maximum atomic E-state index is 11.9. The zero-order valence-electron chi connectivity index (χ0n) is 13.1. The summed E-state index contributed by atoms with van der Waals surface area (Å²) in [6.45, 7) is 0. The van der Waals surface area contributed by atoms with Crippen LogP contribution in [0.15, 0.2) is 35.3 Å². The Morgan fingerprint density at radius 3 is 2.43 bits per heavy atom. The fourth-order valence-electron chi connectivity index (χ4n) is 1.98. The van der Waals surface area contributed by atoms with Crippen molar-refractivity contribution in [2.45, 2.75) is 6.42 Å². The van der Waals surface area contributed by atoms with E-state index in [4.69, 9.17) is 4.74 Å². The van der Waals surface area contributed by atoms with Crippen molar-refractivity contribution in [2.24, 2.45) is 4.99 Å². The molecule has 0 radical (unpaired) electrons. The minimum Gasteiger partial charge on any atom is -0.497 e. The van der Waals surface area contributed by atoms with Crippen LogP contribution in [0.5, 0.6) is 5.75 Å². The number of methoxy groups -OCH3 is 1. The summed E-state index contributed by atoms with van der Waals surface area (Å²) in [6.07, 6.45) is 2.81. The zero-order valence-corrected chi connectivity index (χ0v) is 13.1. The molecule has 0 spiro atoms. The Kier molecular flexibility index (Phi) is 4.90. The molecular weight excluding hydrogens is 298 g/mol. The molecule has 1 aliphatic heterocycles. The summed E-state index contributed by atoms with van der Waals surface area (Å²) in [5.74, 6) is -0.0622. The highest BCUT2D eigenvalue weighted by Crippen LogP contribution is 2.13. The number of aliphatic imine (C=N–C) groups is 1. The number of rotatable bonds is 3. The van der Waals surface area contributed by atoms with Crippen molar-refractivity contribution in [3.8, 4) is 5.75 Å². The molecular formula is C16H17N3O4. The Labute approximate surface area is 133 Å². The monoisotopic (exact) mass is 315 g/mol. The predicted octanol–water partition coefficient (Wildman–Crippen LogP) is 1.55. The van der Waals surface area contributed by atoms with Gasteiger partial charge < -0.3 is 4.74 Å². The lowest BCUT2D eigenvalue weighted by Gasteiger charge is -2.29. The number of carbonyl (C=O) groups is 3. The molecule has 0 atom stereocenters. The zero-order chi connectivity index (χ0) is 17.0. The van der Waals surface area contributed by atoms with Gasteiger partial charge in [-0.1, -0.05) is 12.1 Å². The SMILES string of the molecule is COc1ccc(/C=C/C(=O)N=C2CC(=O)N(C)C(=O)N2C)cc1. The summed E-state index contributed by atoms with van der Waals surface area (Å²) < 4.78 is 5.05. The number of urea groups is 1. The number of benzene rings is 1. The van der Waals surface area contributed by atoms with E-state index in [1.807, 2.05) is 0 Å². The van der Waals surface area contributed by atoms with Crippen molar-refractivity contribution in [1.82, 2.24) is 9.80 Å². The number of hydrogen-bond donors (Lipinski definition) is 0. The Morgan fingerprint density at radius 2 is 1.83 bits per heavy atom. The van der Waals surface area contributed by atoms with Crippen LogP contribution in [0.3, 0.4) is 0 Å². The molecule has 1 saturated heterocycles. The van der Waals surface area contributed by atoms with Crippen LogP contribution in [0.4, 0.5) is 4.79 Å². The maximum absolute atomic E-state index is 11.9. The van der Waals surface area contributed by atoms with Gasteiger partial charge in [0.15, 0.2) is 0 Å². The van der Waals surface area contributed by atoms with Gasteiger partial charge in [-0.05, 0) is 23.8 Å². The molecule has 0 aliphatic carbocycles. The van der Waals surface area contributed by atoms with Gasteiger partial charge in [-0.2, -0.15) is 4.99 Å². The van der Waals surface area contributed by atoms with Crippen LogP contribution in [-0.4, -0.2) is 54.7 Å². The molecule has 0 aromatic heterocycles. The third-order valence-corrected chi connectivity index (χ3v) is 3.42. The Bertz CT molecular complexity index is 692. The molecule has 0 bridgehead atoms. The standard InChI is InChI=1S/C16H17N3O4/c1-18-13(10-15(21)19(2)16(18)22)17-14(20)9-6-11-4-7-12(23-3)8-5-11/h4-9H,10H2,1-3H3/b9-6+,17-13?. The van der Waals surface area contributed by atoms with E-state index in [-0.39, 0.29) is 12.3 Å². The molecule has 1 aromatic carbocycles. The molecule has 7 nitrogen and oxygen atoms in total. The summed E-state index contributed by atoms with van der Waals surface area (Å²) in [7, 11) is 4.44. The fraction of sp³-hybridized carbons (Fsp3) is 0.250. The summed E-state index contributed by atoms with van der Waals surface area (Å²) in [6, 6.07) is 6.64. The van der Waals surface area contributed by atoms with Gasteiger partial charge in [0.25, 0.3) is 5.91 Å². The van der Waals surface area contributed by atoms with Gasteiger partial charge in [0.2, 0.25) is 5.91 Å². The second-order valence-electron chi connectivity index (χ2n) is 4.94. The van der Waals surface area contributed by atoms with Crippen molar-refractivity contribution in [1.29, 1.82) is 0 Å². The van der Waals surface area contributed by atoms with Crippen LogP contribution < -0.4 is 4.74 Å². The van der Waals surface area contributed by atoms with Crippen LogP contribution in [0.25, 0.3) is 6.08 Å². The molecule has 2 rings (SSSR count). The molecule has 0 saturated carbocycles. The second-order valence-corrected chi connectivity index (χ2v) is 4.94. The number of ether oxygens (including phenoxy) is 1. The average molecular weight is 315 g/mol. The van der Waals surface area contributed by atoms with E-state index < -0.39 is 17.8 Å². The Hall–Kier alpha value is -2.96. The lowest BCUT2D eigenvalue weighted by Crippen LogP contribution is -2.51. The Balaban J connectivity index is 2.09. The number of amidine groups is 1. The number of imide groups is 1. The minimum atomic E-state index is -0.534. The predicted molar refractivity (Wildman–Crippen MR) is 85.0 cm³/mol. The summed E-state index contributed by atoms with van der Waals surface area (Å²) in [5, 5.41) is 0. The van der Waals surface area contributed by atoms with Gasteiger partial charge in [0, 0.05) is 20.2 Å². The quantitative estimate of drug-likeness (QED) is 0.793. The van der Waals surface area contributed by atoms with Gasteiger partial charge in [-0.25, -0.2) is 4.79 Å². The van der Waals surface area contributed by atoms with Crippen molar-refractivity contribution in [3.05, 3.63) is 35.9 Å². The summed E-state index contributed by atoms with van der Waals surface area (Å²) in [4.78, 5) is 41.3. The molecule has 1 aromatic rings. The fourth-order valence-corrected chi connectivity index (χ4v) is 1.98. The number of nitrogens with zero attached hydrogens (tertiary/aromatic N) is 3. The van der Waals surface area contributed by atoms with E-state index in [0.29, 0.717) is 0 Å². The lowest BCUT2D eigenvalue weighted by atomic mass is 10.2. The normalized spacial score (nSPS) is 17.3. The van der Waals surface area contributed by atoms with Gasteiger partial charge in [0.05, 0.1) is 13.5 Å². The van der Waals surface area contributed by atoms with Crippen molar-refractivity contribution in [3.63, 3.8) is 0 Å². The molecule has 1 fully saturated rings. The van der Waals surface area contributed by atoms with E-state index in [9.17, 15) is 14.4 Å². The first kappa shape index (κ1) is 16.4. The van der Waals surface area contributed by atoms with E-state index in [0.717, 1.165) is 16.2 Å². The smallest absolute Gasteiger partial charge is 0.331 e. The number of carbonyl (C=O) groups excluding carboxylic acids is 3. The van der Waals surface area contributed by atoms with Crippen LogP contribution in [-0.2, 0) is 9.59 Å². The van der Waals surface area contributed by atoms with Gasteiger partial charge in [-0.15, -0.1) is 0 Å². The Morgan fingerprint density at radius 1 is 1.17 bits per heavy atom. The third-order valence-electron chi connectivity index (χ3n) is 3.42. The second kappa shape index (κ2) is 6.87. The molecule has 0 N–H and O–H groups in total. The van der Waals surface area contributed by atoms with Gasteiger partial charge >= 0.3 is 6.03 Å². The van der Waals surface area contributed by atoms with E-state index in [1.165, 1.54) is 25.1 Å². The highest BCUT2D eigenvalue weighted by Gasteiger charge is 2.31. The van der Waals surface area contributed by atoms with Crippen LogP contribution in [0, 0.1) is 0 Å². The summed E-state index contributed by atoms with van der Waals surface area (Å²) in [5.41, 5.74) is 0.809. The lowest BCUT2D eigenvalue weighted by molar-refractivity contribution is -0.127. The number of hydrogen-bond acceptors (Lipinski definition) is 4. The first-order valence-electron chi connectivity index (χ1n) is 6.90. The van der Waals surface area contributed by atoms with E-state index >= 15 is 0 Å². The van der Waals surface area contributed by atoms with Crippen LogP contribution >= 0.6 is 0 Å². The highest BCUT2D eigenvalue weighted by atomic mass is 16.5. The molecule has 1 aliphatic rings. The van der Waals surface area contributed by atoms with Gasteiger partial charge in [0.1, 0.15) is 11.6 Å². The third kappa shape index (κ3) is 3.82. The first-order chi connectivity index (χ1) is 10.9. The number of amides is 4. The van der Waals surface area contributed by atoms with Crippen molar-refractivity contribution in [2.75, 3.05) is 21.2 Å². The van der Waals surface area contributed by atoms with E-state index in [1.54, 1.807) is 37.5 Å². The first-order valence-corrected chi connectivity index (χ1v) is 6.90. The maximum Gasteiger partial charge on any atom is 0.331 e. The average Bonchev–Trinajstić information content (AvgIpc) is 2.56. The molecule has 23 heavy (non-hydrogen) atoms. The van der Waals surface area contributed by atoms with Crippen molar-refractivity contribution < 1.29 is 19.1 Å². The largest absolute Gasteiger partial charge is 0.497 e. The summed E-state index contributed by atoms with van der Waals surface area (Å²) >= 11 is 0. The molecule has 1 heterocycles. The molecule has 120 valence electrons. The topological polar surface area (TPSA) is 79.3 Å². The molecule has 4 amide bonds. The van der Waals surface area contributed by atoms with Gasteiger partial charge in [-0.3, -0.25) is 19.4 Å². The van der Waals surface area contributed by atoms with Crippen LogP contribution in [0.1, 0.15) is 12.0 Å². The molecule has 7 heteroatoms. The highest BCUT2D eigenvalue weighted by molar-refractivity contribution is 6.18. The van der Waals surface area contributed by atoms with Crippen molar-refractivity contribution >= 4 is 29.8 Å². The molecule has 0 unspecified atom stereocenters.